The molecule has 0 aliphatic heterocycles. The van der Waals surface area contributed by atoms with Gasteiger partial charge in [0.05, 0.1) is 12.5 Å². The fourth-order valence-electron chi connectivity index (χ4n) is 2.17. The van der Waals surface area contributed by atoms with Gasteiger partial charge in [0.25, 0.3) is 0 Å². The quantitative estimate of drug-likeness (QED) is 0.806. The zero-order valence-corrected chi connectivity index (χ0v) is 11.3. The fourth-order valence-corrected chi connectivity index (χ4v) is 2.17. The molecule has 0 radical (unpaired) electrons. The molecule has 0 unspecified atom stereocenters. The number of aliphatic hydroxyl groups is 1. The van der Waals surface area contributed by atoms with E-state index < -0.39 is 0 Å². The molecular formula is C15H23NO2. The van der Waals surface area contributed by atoms with Gasteiger partial charge in [-0.3, -0.25) is 4.79 Å². The number of aliphatic hydroxyl groups excluding tert-OH is 1. The minimum atomic E-state index is -0.0808. The van der Waals surface area contributed by atoms with Gasteiger partial charge in [-0.25, -0.2) is 0 Å². The summed E-state index contributed by atoms with van der Waals surface area (Å²) in [5.41, 5.74) is 1.07. The molecule has 0 spiro atoms. The van der Waals surface area contributed by atoms with E-state index in [9.17, 15) is 4.79 Å². The molecule has 0 saturated heterocycles. The van der Waals surface area contributed by atoms with Crippen LogP contribution in [0.15, 0.2) is 30.3 Å². The van der Waals surface area contributed by atoms with Crippen LogP contribution in [0.5, 0.6) is 0 Å². The molecule has 100 valence electrons. The lowest BCUT2D eigenvalue weighted by Crippen LogP contribution is -2.37. The topological polar surface area (TPSA) is 40.5 Å². The van der Waals surface area contributed by atoms with Crippen molar-refractivity contribution in [3.8, 4) is 0 Å². The number of hydrogen-bond acceptors (Lipinski definition) is 2. The monoisotopic (exact) mass is 249 g/mol. The maximum Gasteiger partial charge on any atom is 0.230 e. The molecule has 1 atom stereocenters. The first kappa shape index (κ1) is 14.7. The summed E-state index contributed by atoms with van der Waals surface area (Å²) in [6.07, 6.45) is 1.83. The maximum absolute atomic E-state index is 12.5. The number of hydrogen-bond donors (Lipinski definition) is 1. The third kappa shape index (κ3) is 3.84. The van der Waals surface area contributed by atoms with Crippen LogP contribution in [0.4, 0.5) is 0 Å². The van der Waals surface area contributed by atoms with Gasteiger partial charge in [-0.05, 0) is 18.9 Å². The van der Waals surface area contributed by atoms with Crippen molar-refractivity contribution in [1.29, 1.82) is 0 Å². The summed E-state index contributed by atoms with van der Waals surface area (Å²) in [5.74, 6) is 0.0438. The van der Waals surface area contributed by atoms with Gasteiger partial charge in [-0.1, -0.05) is 43.7 Å². The van der Waals surface area contributed by atoms with Crippen molar-refractivity contribution >= 4 is 5.91 Å². The molecule has 3 nitrogen and oxygen atoms in total. The molecule has 0 heterocycles. The number of likely N-dealkylation sites (N-methyl/N-ethyl adjacent to an activating group) is 1. The molecule has 1 amide bonds. The van der Waals surface area contributed by atoms with E-state index in [1.165, 1.54) is 0 Å². The third-order valence-electron chi connectivity index (χ3n) is 3.14. The Morgan fingerprint density at radius 2 is 1.94 bits per heavy atom. The van der Waals surface area contributed by atoms with Gasteiger partial charge in [0.1, 0.15) is 0 Å². The van der Waals surface area contributed by atoms with Gasteiger partial charge in [0.2, 0.25) is 5.91 Å². The summed E-state index contributed by atoms with van der Waals surface area (Å²) >= 11 is 0. The molecule has 0 bridgehead atoms. The first-order chi connectivity index (χ1) is 8.74. The Labute approximate surface area is 109 Å². The number of benzene rings is 1. The Bertz CT molecular complexity index is 351. The van der Waals surface area contributed by atoms with Gasteiger partial charge in [0, 0.05) is 13.1 Å². The molecule has 0 aliphatic rings. The standard InChI is InChI=1S/C15H23NO2/c1-3-8-14(13-9-6-5-7-10-13)15(18)16(4-2)11-12-17/h5-7,9-10,14,17H,3-4,8,11-12H2,1-2H3/t14-/m1/s1. The van der Waals surface area contributed by atoms with Crippen LogP contribution in [0.1, 0.15) is 38.2 Å². The average Bonchev–Trinajstić information content (AvgIpc) is 2.42. The van der Waals surface area contributed by atoms with Crippen LogP contribution in [-0.4, -0.2) is 35.6 Å². The summed E-state index contributed by atoms with van der Waals surface area (Å²) in [6, 6.07) is 9.90. The molecule has 1 rings (SSSR count). The fraction of sp³-hybridized carbons (Fsp3) is 0.533. The minimum Gasteiger partial charge on any atom is -0.395 e. The molecule has 0 fully saturated rings. The van der Waals surface area contributed by atoms with E-state index in [0.717, 1.165) is 18.4 Å². The number of amides is 1. The average molecular weight is 249 g/mol. The normalized spacial score (nSPS) is 12.2. The van der Waals surface area contributed by atoms with Crippen LogP contribution in [0, 0.1) is 0 Å². The first-order valence-corrected chi connectivity index (χ1v) is 6.69. The molecule has 1 N–H and O–H groups in total. The van der Waals surface area contributed by atoms with Crippen LogP contribution < -0.4 is 0 Å². The van der Waals surface area contributed by atoms with E-state index in [2.05, 4.69) is 6.92 Å². The molecule has 1 aromatic carbocycles. The van der Waals surface area contributed by atoms with Crippen LogP contribution in [0.25, 0.3) is 0 Å². The molecule has 1 aromatic rings. The highest BCUT2D eigenvalue weighted by Gasteiger charge is 2.23. The van der Waals surface area contributed by atoms with Crippen LogP contribution in [0.3, 0.4) is 0 Å². The first-order valence-electron chi connectivity index (χ1n) is 6.69. The molecule has 0 aliphatic carbocycles. The lowest BCUT2D eigenvalue weighted by Gasteiger charge is -2.25. The van der Waals surface area contributed by atoms with Gasteiger partial charge in [0.15, 0.2) is 0 Å². The highest BCUT2D eigenvalue weighted by molar-refractivity contribution is 5.83. The lowest BCUT2D eigenvalue weighted by atomic mass is 9.93. The minimum absolute atomic E-state index is 0.0210. The van der Waals surface area contributed by atoms with E-state index in [1.54, 1.807) is 4.90 Å². The number of carbonyl (C=O) groups is 1. The van der Waals surface area contributed by atoms with Crippen molar-refractivity contribution in [2.75, 3.05) is 19.7 Å². The largest absolute Gasteiger partial charge is 0.395 e. The third-order valence-corrected chi connectivity index (χ3v) is 3.14. The van der Waals surface area contributed by atoms with Gasteiger partial charge >= 0.3 is 0 Å². The number of carbonyl (C=O) groups excluding carboxylic acids is 1. The summed E-state index contributed by atoms with van der Waals surface area (Å²) in [4.78, 5) is 14.2. The number of nitrogens with zero attached hydrogens (tertiary/aromatic N) is 1. The van der Waals surface area contributed by atoms with E-state index in [1.807, 2.05) is 37.3 Å². The second-order valence-corrected chi connectivity index (χ2v) is 4.39. The van der Waals surface area contributed by atoms with Crippen molar-refractivity contribution in [3.05, 3.63) is 35.9 Å². The molecule has 18 heavy (non-hydrogen) atoms. The molecule has 0 saturated carbocycles. The second-order valence-electron chi connectivity index (χ2n) is 4.39. The van der Waals surface area contributed by atoms with Crippen LogP contribution in [-0.2, 0) is 4.79 Å². The highest BCUT2D eigenvalue weighted by Crippen LogP contribution is 2.23. The predicted molar refractivity (Wildman–Crippen MR) is 73.4 cm³/mol. The summed E-state index contributed by atoms with van der Waals surface area (Å²) in [7, 11) is 0. The SMILES string of the molecule is CCC[C@@H](C(=O)N(CC)CCO)c1ccccc1. The Morgan fingerprint density at radius 3 is 2.44 bits per heavy atom. The van der Waals surface area contributed by atoms with E-state index in [4.69, 9.17) is 5.11 Å². The number of rotatable bonds is 7. The van der Waals surface area contributed by atoms with Crippen molar-refractivity contribution < 1.29 is 9.90 Å². The van der Waals surface area contributed by atoms with E-state index in [0.29, 0.717) is 13.1 Å². The van der Waals surface area contributed by atoms with Crippen LogP contribution >= 0.6 is 0 Å². The summed E-state index contributed by atoms with van der Waals surface area (Å²) in [5, 5.41) is 9.01. The van der Waals surface area contributed by atoms with Gasteiger partial charge < -0.3 is 10.0 Å². The summed E-state index contributed by atoms with van der Waals surface area (Å²) < 4.78 is 0. The maximum atomic E-state index is 12.5. The Balaban J connectivity index is 2.87. The Hall–Kier alpha value is -1.35. The van der Waals surface area contributed by atoms with E-state index >= 15 is 0 Å². The molecule has 3 heteroatoms. The summed E-state index contributed by atoms with van der Waals surface area (Å²) in [6.45, 7) is 5.12. The van der Waals surface area contributed by atoms with E-state index in [-0.39, 0.29) is 18.4 Å². The zero-order valence-electron chi connectivity index (χ0n) is 11.3. The van der Waals surface area contributed by atoms with Crippen molar-refractivity contribution in [3.63, 3.8) is 0 Å². The van der Waals surface area contributed by atoms with Gasteiger partial charge in [-0.15, -0.1) is 0 Å². The smallest absolute Gasteiger partial charge is 0.230 e. The Kier molecular flexibility index (Phi) is 6.44. The predicted octanol–water partition coefficient (Wildman–Crippen LogP) is 2.41. The highest BCUT2D eigenvalue weighted by atomic mass is 16.3. The van der Waals surface area contributed by atoms with Gasteiger partial charge in [-0.2, -0.15) is 0 Å². The van der Waals surface area contributed by atoms with Crippen molar-refractivity contribution in [2.45, 2.75) is 32.6 Å². The van der Waals surface area contributed by atoms with Crippen molar-refractivity contribution in [1.82, 2.24) is 4.90 Å². The second kappa shape index (κ2) is 7.88. The molecule has 0 aromatic heterocycles. The molecular weight excluding hydrogens is 226 g/mol. The van der Waals surface area contributed by atoms with Crippen molar-refractivity contribution in [2.24, 2.45) is 0 Å². The van der Waals surface area contributed by atoms with Crippen LogP contribution in [0.2, 0.25) is 0 Å². The Morgan fingerprint density at radius 1 is 1.28 bits per heavy atom. The zero-order chi connectivity index (χ0) is 13.4. The lowest BCUT2D eigenvalue weighted by molar-refractivity contribution is -0.133.